The van der Waals surface area contributed by atoms with Crippen molar-refractivity contribution in [1.29, 1.82) is 0 Å². The number of carbonyl (C=O) groups is 1. The van der Waals surface area contributed by atoms with Crippen LogP contribution in [0.1, 0.15) is 18.7 Å². The van der Waals surface area contributed by atoms with Gasteiger partial charge in [-0.3, -0.25) is 14.3 Å². The molecule has 0 radical (unpaired) electrons. The average molecular weight is 342 g/mol. The van der Waals surface area contributed by atoms with E-state index in [-0.39, 0.29) is 12.2 Å². The molecular weight excluding hydrogens is 324 g/mol. The molecule has 0 bridgehead atoms. The average Bonchev–Trinajstić information content (AvgIpc) is 2.84. The van der Waals surface area contributed by atoms with E-state index in [1.165, 1.54) is 6.08 Å². The van der Waals surface area contributed by atoms with Crippen LogP contribution in [0.2, 0.25) is 0 Å². The first-order valence-electron chi connectivity index (χ1n) is 7.18. The summed E-state index contributed by atoms with van der Waals surface area (Å²) < 4.78 is 16.0. The van der Waals surface area contributed by atoms with Crippen molar-refractivity contribution in [3.63, 3.8) is 0 Å². The Kier molecular flexibility index (Phi) is 5.54. The fourth-order valence-electron chi connectivity index (χ4n) is 2.32. The molecule has 0 spiro atoms. The normalized spacial score (nSPS) is 26.1. The van der Waals surface area contributed by atoms with E-state index >= 15 is 0 Å². The number of aliphatic hydroxyl groups is 2. The number of nitrogens with one attached hydrogen (secondary N) is 1. The van der Waals surface area contributed by atoms with Gasteiger partial charge >= 0.3 is 11.8 Å². The SMILES string of the molecule is C=Cc1cn([C@@H]2O[C@H](CO)[C@@H](O)[C@H]2OC(=O)OCC)c(=O)[nH]c1=O. The van der Waals surface area contributed by atoms with Crippen molar-refractivity contribution in [2.24, 2.45) is 0 Å². The quantitative estimate of drug-likeness (QED) is 0.577. The highest BCUT2D eigenvalue weighted by Crippen LogP contribution is 2.31. The molecule has 132 valence electrons. The summed E-state index contributed by atoms with van der Waals surface area (Å²) in [6.07, 6.45) is -3.73. The Morgan fingerprint density at radius 3 is 2.83 bits per heavy atom. The molecule has 1 aromatic rings. The van der Waals surface area contributed by atoms with Gasteiger partial charge in [-0.15, -0.1) is 0 Å². The third-order valence-corrected chi connectivity index (χ3v) is 3.48. The van der Waals surface area contributed by atoms with E-state index in [1.54, 1.807) is 6.92 Å². The lowest BCUT2D eigenvalue weighted by Crippen LogP contribution is -2.41. The van der Waals surface area contributed by atoms with Gasteiger partial charge in [-0.25, -0.2) is 9.59 Å². The molecule has 10 heteroatoms. The summed E-state index contributed by atoms with van der Waals surface area (Å²) in [5, 5.41) is 19.4. The number of H-pyrrole nitrogens is 1. The van der Waals surface area contributed by atoms with Crippen molar-refractivity contribution >= 4 is 12.2 Å². The molecule has 2 heterocycles. The van der Waals surface area contributed by atoms with Gasteiger partial charge in [0.25, 0.3) is 5.56 Å². The minimum atomic E-state index is -1.39. The number of hydrogen-bond donors (Lipinski definition) is 3. The van der Waals surface area contributed by atoms with Gasteiger partial charge in [-0.2, -0.15) is 0 Å². The maximum atomic E-state index is 12.0. The number of carbonyl (C=O) groups excluding carboxylic acids is 1. The van der Waals surface area contributed by atoms with E-state index in [9.17, 15) is 24.6 Å². The van der Waals surface area contributed by atoms with Crippen LogP contribution in [-0.4, -0.2) is 57.4 Å². The van der Waals surface area contributed by atoms with Crippen molar-refractivity contribution in [2.75, 3.05) is 13.2 Å². The lowest BCUT2D eigenvalue weighted by molar-refractivity contribution is -0.0661. The standard InChI is InChI=1S/C14H18N2O8/c1-3-7-5-16(13(20)15-11(7)19)12-10(24-14(21)22-4-2)9(18)8(6-17)23-12/h3,5,8-10,12,17-18H,1,4,6H2,2H3,(H,15,19,20)/t8-,9-,10-,12-/m1/s1. The third-order valence-electron chi connectivity index (χ3n) is 3.48. The van der Waals surface area contributed by atoms with E-state index in [0.717, 1.165) is 10.8 Å². The summed E-state index contributed by atoms with van der Waals surface area (Å²) in [7, 11) is 0. The van der Waals surface area contributed by atoms with Gasteiger partial charge in [0.2, 0.25) is 0 Å². The van der Waals surface area contributed by atoms with Crippen LogP contribution in [-0.2, 0) is 14.2 Å². The van der Waals surface area contributed by atoms with Gasteiger partial charge in [0, 0.05) is 6.20 Å². The largest absolute Gasteiger partial charge is 0.508 e. The molecule has 1 aromatic heterocycles. The lowest BCUT2D eigenvalue weighted by atomic mass is 10.1. The number of rotatable bonds is 5. The Morgan fingerprint density at radius 1 is 1.54 bits per heavy atom. The van der Waals surface area contributed by atoms with Gasteiger partial charge < -0.3 is 24.4 Å². The van der Waals surface area contributed by atoms with E-state index in [2.05, 4.69) is 16.3 Å². The molecule has 4 atom stereocenters. The predicted octanol–water partition coefficient (Wildman–Crippen LogP) is -1.03. The summed E-state index contributed by atoms with van der Waals surface area (Å²) in [4.78, 5) is 37.2. The first kappa shape index (κ1) is 17.9. The molecule has 24 heavy (non-hydrogen) atoms. The molecule has 0 aliphatic carbocycles. The molecule has 10 nitrogen and oxygen atoms in total. The second kappa shape index (κ2) is 7.43. The maximum Gasteiger partial charge on any atom is 0.508 e. The van der Waals surface area contributed by atoms with Gasteiger partial charge in [-0.05, 0) is 6.92 Å². The minimum Gasteiger partial charge on any atom is -0.435 e. The van der Waals surface area contributed by atoms with Crippen molar-refractivity contribution in [3.8, 4) is 0 Å². The van der Waals surface area contributed by atoms with Crippen LogP contribution in [0.5, 0.6) is 0 Å². The monoisotopic (exact) mass is 342 g/mol. The second-order valence-corrected chi connectivity index (χ2v) is 4.96. The van der Waals surface area contributed by atoms with Crippen LogP contribution in [0.4, 0.5) is 4.79 Å². The van der Waals surface area contributed by atoms with Crippen molar-refractivity contribution in [1.82, 2.24) is 9.55 Å². The zero-order valence-corrected chi connectivity index (χ0v) is 12.9. The molecule has 2 rings (SSSR count). The second-order valence-electron chi connectivity index (χ2n) is 4.96. The third kappa shape index (κ3) is 3.40. The molecule has 1 saturated heterocycles. The van der Waals surface area contributed by atoms with E-state index < -0.39 is 48.6 Å². The lowest BCUT2D eigenvalue weighted by Gasteiger charge is -2.21. The van der Waals surface area contributed by atoms with Crippen molar-refractivity contribution in [3.05, 3.63) is 39.2 Å². The van der Waals surface area contributed by atoms with Crippen LogP contribution in [0, 0.1) is 0 Å². The number of nitrogens with zero attached hydrogens (tertiary/aromatic N) is 1. The van der Waals surface area contributed by atoms with E-state index in [1.807, 2.05) is 0 Å². The highest BCUT2D eigenvalue weighted by Gasteiger charge is 2.47. The van der Waals surface area contributed by atoms with Gasteiger partial charge in [-0.1, -0.05) is 12.7 Å². The highest BCUT2D eigenvalue weighted by atomic mass is 16.7. The Morgan fingerprint density at radius 2 is 2.25 bits per heavy atom. The first-order chi connectivity index (χ1) is 11.4. The molecule has 1 aliphatic heterocycles. The summed E-state index contributed by atoms with van der Waals surface area (Å²) in [5.41, 5.74) is -1.40. The van der Waals surface area contributed by atoms with Crippen LogP contribution in [0.3, 0.4) is 0 Å². The molecule has 1 aliphatic rings. The molecule has 0 unspecified atom stereocenters. The Hall–Kier alpha value is -2.43. The number of aromatic amines is 1. The minimum absolute atomic E-state index is 0.0514. The number of ether oxygens (including phenoxy) is 3. The fourth-order valence-corrected chi connectivity index (χ4v) is 2.32. The summed E-state index contributed by atoms with van der Waals surface area (Å²) in [5.74, 6) is 0. The fraction of sp³-hybridized carbons (Fsp3) is 0.500. The number of aliphatic hydroxyl groups excluding tert-OH is 2. The molecule has 0 saturated carbocycles. The smallest absolute Gasteiger partial charge is 0.435 e. The van der Waals surface area contributed by atoms with Gasteiger partial charge in [0.15, 0.2) is 12.3 Å². The van der Waals surface area contributed by atoms with Crippen LogP contribution < -0.4 is 11.2 Å². The van der Waals surface area contributed by atoms with Crippen LogP contribution in [0.25, 0.3) is 6.08 Å². The highest BCUT2D eigenvalue weighted by molar-refractivity contribution is 5.60. The zero-order valence-electron chi connectivity index (χ0n) is 12.9. The Labute approximate surface area is 135 Å². The number of hydrogen-bond acceptors (Lipinski definition) is 8. The Balaban J connectivity index is 2.41. The van der Waals surface area contributed by atoms with Crippen molar-refractivity contribution in [2.45, 2.75) is 31.5 Å². The number of aromatic nitrogens is 2. The first-order valence-corrected chi connectivity index (χ1v) is 7.18. The zero-order chi connectivity index (χ0) is 17.9. The molecule has 1 fully saturated rings. The van der Waals surface area contributed by atoms with Gasteiger partial charge in [0.1, 0.15) is 12.2 Å². The van der Waals surface area contributed by atoms with Gasteiger partial charge in [0.05, 0.1) is 18.8 Å². The molecule has 3 N–H and O–H groups in total. The summed E-state index contributed by atoms with van der Waals surface area (Å²) >= 11 is 0. The summed E-state index contributed by atoms with van der Waals surface area (Å²) in [6, 6.07) is 0. The predicted molar refractivity (Wildman–Crippen MR) is 80.3 cm³/mol. The Bertz CT molecular complexity index is 724. The maximum absolute atomic E-state index is 12.0. The molecular formula is C14H18N2O8. The topological polar surface area (TPSA) is 140 Å². The van der Waals surface area contributed by atoms with E-state index in [0.29, 0.717) is 0 Å². The van der Waals surface area contributed by atoms with Crippen molar-refractivity contribution < 1.29 is 29.2 Å². The molecule has 0 aromatic carbocycles. The molecule has 0 amide bonds. The van der Waals surface area contributed by atoms with Crippen LogP contribution >= 0.6 is 0 Å². The van der Waals surface area contributed by atoms with E-state index in [4.69, 9.17) is 9.47 Å². The van der Waals surface area contributed by atoms with Crippen LogP contribution in [0.15, 0.2) is 22.4 Å². The summed E-state index contributed by atoms with van der Waals surface area (Å²) in [6.45, 7) is 4.51.